The van der Waals surface area contributed by atoms with Gasteiger partial charge in [0.15, 0.2) is 0 Å². The minimum atomic E-state index is -0.103. The highest BCUT2D eigenvalue weighted by Crippen LogP contribution is 2.01. The Morgan fingerprint density at radius 3 is 2.79 bits per heavy atom. The van der Waals surface area contributed by atoms with Gasteiger partial charge < -0.3 is 15.5 Å². The fourth-order valence-electron chi connectivity index (χ4n) is 2.29. The summed E-state index contributed by atoms with van der Waals surface area (Å²) in [5.74, 6) is 0.0576. The van der Waals surface area contributed by atoms with E-state index in [0.29, 0.717) is 13.1 Å². The SMILES string of the molecule is CNC(=O)C(C)CN(C)CC(=O)N1CCCNCC1. The maximum Gasteiger partial charge on any atom is 0.236 e. The van der Waals surface area contributed by atoms with E-state index < -0.39 is 0 Å². The second-order valence-electron chi connectivity index (χ2n) is 5.20. The van der Waals surface area contributed by atoms with Gasteiger partial charge in [0.2, 0.25) is 11.8 Å². The van der Waals surface area contributed by atoms with E-state index >= 15 is 0 Å². The van der Waals surface area contributed by atoms with Crippen LogP contribution in [0.1, 0.15) is 13.3 Å². The van der Waals surface area contributed by atoms with Gasteiger partial charge >= 0.3 is 0 Å². The first kappa shape index (κ1) is 15.9. The molecule has 0 aromatic carbocycles. The van der Waals surface area contributed by atoms with Crippen LogP contribution in [0.15, 0.2) is 0 Å². The molecule has 1 aliphatic rings. The Kier molecular flexibility index (Phi) is 6.80. The molecule has 19 heavy (non-hydrogen) atoms. The summed E-state index contributed by atoms with van der Waals surface area (Å²) in [6.45, 7) is 6.29. The molecule has 0 bridgehead atoms. The number of carbonyl (C=O) groups is 2. The monoisotopic (exact) mass is 270 g/mol. The van der Waals surface area contributed by atoms with Crippen LogP contribution in [0.3, 0.4) is 0 Å². The number of rotatable bonds is 5. The van der Waals surface area contributed by atoms with Gasteiger partial charge in [-0.05, 0) is 20.0 Å². The van der Waals surface area contributed by atoms with Crippen molar-refractivity contribution in [2.75, 3.05) is 53.4 Å². The lowest BCUT2D eigenvalue weighted by Crippen LogP contribution is -2.43. The van der Waals surface area contributed by atoms with Crippen molar-refractivity contribution in [3.05, 3.63) is 0 Å². The van der Waals surface area contributed by atoms with Gasteiger partial charge in [-0.2, -0.15) is 0 Å². The summed E-state index contributed by atoms with van der Waals surface area (Å²) in [6.07, 6.45) is 1.00. The van der Waals surface area contributed by atoms with Crippen molar-refractivity contribution in [3.63, 3.8) is 0 Å². The first-order valence-corrected chi connectivity index (χ1v) is 6.93. The lowest BCUT2D eigenvalue weighted by molar-refractivity contribution is -0.133. The molecule has 0 aromatic heterocycles. The third-order valence-corrected chi connectivity index (χ3v) is 3.38. The van der Waals surface area contributed by atoms with Crippen LogP contribution >= 0.6 is 0 Å². The van der Waals surface area contributed by atoms with Gasteiger partial charge in [-0.1, -0.05) is 6.92 Å². The standard InChI is InChI=1S/C13H26N4O2/c1-11(13(19)14-2)9-16(3)10-12(18)17-7-4-5-15-6-8-17/h11,15H,4-10H2,1-3H3,(H,14,19). The van der Waals surface area contributed by atoms with E-state index in [4.69, 9.17) is 0 Å². The lowest BCUT2D eigenvalue weighted by atomic mass is 10.1. The summed E-state index contributed by atoms with van der Waals surface area (Å²) < 4.78 is 0. The topological polar surface area (TPSA) is 64.7 Å². The Labute approximate surface area is 115 Å². The molecule has 1 unspecified atom stereocenters. The van der Waals surface area contributed by atoms with Crippen molar-refractivity contribution in [1.82, 2.24) is 20.4 Å². The molecule has 110 valence electrons. The smallest absolute Gasteiger partial charge is 0.236 e. The molecule has 0 spiro atoms. The van der Waals surface area contributed by atoms with Gasteiger partial charge in [0.05, 0.1) is 6.54 Å². The van der Waals surface area contributed by atoms with Crippen LogP contribution in [0.5, 0.6) is 0 Å². The molecule has 1 rings (SSSR count). The van der Waals surface area contributed by atoms with Crippen LogP contribution in [0, 0.1) is 5.92 Å². The van der Waals surface area contributed by atoms with Crippen molar-refractivity contribution in [1.29, 1.82) is 0 Å². The van der Waals surface area contributed by atoms with Crippen molar-refractivity contribution in [2.45, 2.75) is 13.3 Å². The zero-order chi connectivity index (χ0) is 14.3. The average molecular weight is 270 g/mol. The molecule has 6 nitrogen and oxygen atoms in total. The van der Waals surface area contributed by atoms with Gasteiger partial charge in [0.1, 0.15) is 0 Å². The highest BCUT2D eigenvalue weighted by molar-refractivity contribution is 5.79. The molecular formula is C13H26N4O2. The summed E-state index contributed by atoms with van der Waals surface area (Å²) in [4.78, 5) is 27.4. The predicted molar refractivity (Wildman–Crippen MR) is 74.8 cm³/mol. The van der Waals surface area contributed by atoms with E-state index in [1.165, 1.54) is 0 Å². The molecule has 2 amide bonds. The van der Waals surface area contributed by atoms with Gasteiger partial charge in [-0.25, -0.2) is 0 Å². The summed E-state index contributed by atoms with van der Waals surface area (Å²) in [6, 6.07) is 0. The number of amides is 2. The van der Waals surface area contributed by atoms with E-state index in [9.17, 15) is 9.59 Å². The minimum Gasteiger partial charge on any atom is -0.359 e. The largest absolute Gasteiger partial charge is 0.359 e. The molecule has 0 radical (unpaired) electrons. The first-order valence-electron chi connectivity index (χ1n) is 6.93. The summed E-state index contributed by atoms with van der Waals surface area (Å²) in [5, 5.41) is 5.91. The average Bonchev–Trinajstić information content (AvgIpc) is 2.66. The Bertz CT molecular complexity index is 301. The fraction of sp³-hybridized carbons (Fsp3) is 0.846. The zero-order valence-electron chi connectivity index (χ0n) is 12.2. The van der Waals surface area contributed by atoms with Crippen LogP contribution in [0.25, 0.3) is 0 Å². The highest BCUT2D eigenvalue weighted by atomic mass is 16.2. The number of carbonyl (C=O) groups excluding carboxylic acids is 2. The molecule has 1 fully saturated rings. The lowest BCUT2D eigenvalue weighted by Gasteiger charge is -2.25. The second kappa shape index (κ2) is 8.12. The Hall–Kier alpha value is -1.14. The number of hydrogen-bond donors (Lipinski definition) is 2. The maximum absolute atomic E-state index is 12.1. The van der Waals surface area contributed by atoms with E-state index in [1.807, 2.05) is 23.8 Å². The van der Waals surface area contributed by atoms with Crippen LogP contribution < -0.4 is 10.6 Å². The van der Waals surface area contributed by atoms with E-state index in [2.05, 4.69) is 10.6 Å². The van der Waals surface area contributed by atoms with Crippen molar-refractivity contribution in [2.24, 2.45) is 5.92 Å². The fourth-order valence-corrected chi connectivity index (χ4v) is 2.29. The van der Waals surface area contributed by atoms with Gasteiger partial charge in [0, 0.05) is 39.1 Å². The first-order chi connectivity index (χ1) is 9.04. The quantitative estimate of drug-likeness (QED) is 0.681. The molecule has 0 aromatic rings. The summed E-state index contributed by atoms with van der Waals surface area (Å²) >= 11 is 0. The number of likely N-dealkylation sites (N-methyl/N-ethyl adjacent to an activating group) is 1. The molecule has 1 atom stereocenters. The minimum absolute atomic E-state index is 0.0123. The number of nitrogens with zero attached hydrogens (tertiary/aromatic N) is 2. The van der Waals surface area contributed by atoms with Crippen LogP contribution in [0.2, 0.25) is 0 Å². The normalized spacial score (nSPS) is 18.0. The van der Waals surface area contributed by atoms with Gasteiger partial charge in [-0.3, -0.25) is 14.5 Å². The summed E-state index contributed by atoms with van der Waals surface area (Å²) in [5.41, 5.74) is 0. The Balaban J connectivity index is 2.36. The molecule has 1 heterocycles. The van der Waals surface area contributed by atoms with Crippen molar-refractivity contribution >= 4 is 11.8 Å². The second-order valence-corrected chi connectivity index (χ2v) is 5.20. The van der Waals surface area contributed by atoms with Crippen LogP contribution in [0.4, 0.5) is 0 Å². The van der Waals surface area contributed by atoms with Crippen LogP contribution in [-0.4, -0.2) is 75.0 Å². The molecule has 6 heteroatoms. The summed E-state index contributed by atoms with van der Waals surface area (Å²) in [7, 11) is 3.52. The van der Waals surface area contributed by atoms with E-state index in [1.54, 1.807) is 7.05 Å². The molecule has 0 saturated carbocycles. The predicted octanol–water partition coefficient (Wildman–Crippen LogP) is -0.878. The maximum atomic E-state index is 12.1. The molecule has 0 aliphatic carbocycles. The van der Waals surface area contributed by atoms with Gasteiger partial charge in [-0.15, -0.1) is 0 Å². The molecule has 1 aliphatic heterocycles. The van der Waals surface area contributed by atoms with E-state index in [0.717, 1.165) is 32.6 Å². The number of nitrogens with one attached hydrogen (secondary N) is 2. The Morgan fingerprint density at radius 2 is 2.11 bits per heavy atom. The van der Waals surface area contributed by atoms with Crippen LogP contribution in [-0.2, 0) is 9.59 Å². The molecule has 1 saturated heterocycles. The highest BCUT2D eigenvalue weighted by Gasteiger charge is 2.19. The zero-order valence-corrected chi connectivity index (χ0v) is 12.2. The molecule has 2 N–H and O–H groups in total. The van der Waals surface area contributed by atoms with Crippen molar-refractivity contribution in [3.8, 4) is 0 Å². The van der Waals surface area contributed by atoms with E-state index in [-0.39, 0.29) is 17.7 Å². The molecular weight excluding hydrogens is 244 g/mol. The third-order valence-electron chi connectivity index (χ3n) is 3.38. The Morgan fingerprint density at radius 1 is 1.37 bits per heavy atom. The van der Waals surface area contributed by atoms with Gasteiger partial charge in [0.25, 0.3) is 0 Å². The third kappa shape index (κ3) is 5.57. The number of hydrogen-bond acceptors (Lipinski definition) is 4. The van der Waals surface area contributed by atoms with Crippen molar-refractivity contribution < 1.29 is 9.59 Å².